The zero-order chi connectivity index (χ0) is 21.9. The first-order chi connectivity index (χ1) is 13.7. The van der Waals surface area contributed by atoms with E-state index in [4.69, 9.17) is 14.7 Å². The van der Waals surface area contributed by atoms with Gasteiger partial charge in [-0.15, -0.1) is 0 Å². The van der Waals surface area contributed by atoms with E-state index in [9.17, 15) is 14.7 Å². The molecule has 0 aliphatic carbocycles. The Bertz CT molecular complexity index is 686. The van der Waals surface area contributed by atoms with Crippen molar-refractivity contribution in [1.29, 1.82) is 5.26 Å². The molecule has 0 heterocycles. The summed E-state index contributed by atoms with van der Waals surface area (Å²) in [5.41, 5.74) is 0.458. The highest BCUT2D eigenvalue weighted by Crippen LogP contribution is 2.28. The van der Waals surface area contributed by atoms with Gasteiger partial charge in [-0.25, -0.2) is 4.79 Å². The highest BCUT2D eigenvalue weighted by molar-refractivity contribution is 8.13. The fourth-order valence-electron chi connectivity index (χ4n) is 2.44. The van der Waals surface area contributed by atoms with Gasteiger partial charge in [-0.1, -0.05) is 37.3 Å². The van der Waals surface area contributed by atoms with E-state index in [-0.39, 0.29) is 25.0 Å². The summed E-state index contributed by atoms with van der Waals surface area (Å²) in [5, 5.41) is 18.5. The van der Waals surface area contributed by atoms with Crippen LogP contribution in [0, 0.1) is 22.7 Å². The molecule has 0 bridgehead atoms. The summed E-state index contributed by atoms with van der Waals surface area (Å²) < 4.78 is 10.2. The Morgan fingerprint density at radius 2 is 1.83 bits per heavy atom. The molecule has 3 atom stereocenters. The Balaban J connectivity index is 2.44. The van der Waals surface area contributed by atoms with E-state index in [1.54, 1.807) is 13.8 Å². The first-order valence-corrected chi connectivity index (χ1v) is 10.8. The lowest BCUT2D eigenvalue weighted by molar-refractivity contribution is -0.157. The van der Waals surface area contributed by atoms with Crippen molar-refractivity contribution in [1.82, 2.24) is 0 Å². The topological polar surface area (TPSA) is 96.6 Å². The Kier molecular flexibility index (Phi) is 10.8. The van der Waals surface area contributed by atoms with E-state index >= 15 is 0 Å². The quantitative estimate of drug-likeness (QED) is 0.524. The standard InChI is InChI=1S/C22H31NO5S/c1-5-22(3,4)20(25)27-13-19(24)14-28-21(26)29-15-18(11-16(2)12-23)17-9-7-6-8-10-17/h6-10,16,18-19,24H,5,11,13-15H2,1-4H3. The lowest BCUT2D eigenvalue weighted by Gasteiger charge is -2.21. The second-order valence-electron chi connectivity index (χ2n) is 7.74. The van der Waals surface area contributed by atoms with Gasteiger partial charge >= 0.3 is 11.3 Å². The van der Waals surface area contributed by atoms with Crippen molar-refractivity contribution >= 4 is 23.0 Å². The van der Waals surface area contributed by atoms with Crippen LogP contribution in [-0.2, 0) is 14.3 Å². The van der Waals surface area contributed by atoms with Crippen LogP contribution in [0.3, 0.4) is 0 Å². The van der Waals surface area contributed by atoms with E-state index in [0.29, 0.717) is 18.6 Å². The summed E-state index contributed by atoms with van der Waals surface area (Å²) in [7, 11) is 0. The number of carbonyl (C=O) groups excluding carboxylic acids is 2. The Hall–Kier alpha value is -2.04. The molecule has 0 aromatic heterocycles. The number of nitrogens with zero attached hydrogens (tertiary/aromatic N) is 1. The molecule has 29 heavy (non-hydrogen) atoms. The number of aliphatic hydroxyl groups excluding tert-OH is 1. The lowest BCUT2D eigenvalue weighted by Crippen LogP contribution is -2.31. The summed E-state index contributed by atoms with van der Waals surface area (Å²) in [6, 6.07) is 12.0. The molecule has 1 aromatic carbocycles. The molecule has 0 aliphatic rings. The first-order valence-electron chi connectivity index (χ1n) is 9.79. The molecular weight excluding hydrogens is 390 g/mol. The second kappa shape index (κ2) is 12.5. The maximum atomic E-state index is 12.0. The van der Waals surface area contributed by atoms with Gasteiger partial charge in [-0.05, 0) is 56.9 Å². The number of hydrogen-bond donors (Lipinski definition) is 1. The van der Waals surface area contributed by atoms with Crippen LogP contribution >= 0.6 is 11.8 Å². The summed E-state index contributed by atoms with van der Waals surface area (Å²) in [4.78, 5) is 23.9. The number of carbonyl (C=O) groups is 2. The van der Waals surface area contributed by atoms with Crippen LogP contribution in [-0.4, -0.2) is 41.4 Å². The summed E-state index contributed by atoms with van der Waals surface area (Å²) in [6.07, 6.45) is 0.201. The van der Waals surface area contributed by atoms with Crippen molar-refractivity contribution in [3.05, 3.63) is 35.9 Å². The van der Waals surface area contributed by atoms with E-state index in [2.05, 4.69) is 6.07 Å². The monoisotopic (exact) mass is 421 g/mol. The van der Waals surface area contributed by atoms with E-state index in [0.717, 1.165) is 17.3 Å². The third-order valence-electron chi connectivity index (χ3n) is 4.77. The maximum Gasteiger partial charge on any atom is 0.367 e. The molecule has 1 N–H and O–H groups in total. The van der Waals surface area contributed by atoms with Crippen LogP contribution in [0.2, 0.25) is 0 Å². The van der Waals surface area contributed by atoms with Crippen LogP contribution in [0.5, 0.6) is 0 Å². The second-order valence-corrected chi connectivity index (χ2v) is 8.69. The number of benzene rings is 1. The van der Waals surface area contributed by atoms with E-state index < -0.39 is 22.8 Å². The molecule has 3 unspecified atom stereocenters. The molecule has 0 spiro atoms. The third-order valence-corrected chi connectivity index (χ3v) is 5.69. The first kappa shape index (κ1) is 25.0. The molecule has 160 valence electrons. The predicted molar refractivity (Wildman–Crippen MR) is 113 cm³/mol. The average molecular weight is 422 g/mol. The van der Waals surface area contributed by atoms with Crippen molar-refractivity contribution in [2.75, 3.05) is 19.0 Å². The molecule has 0 fully saturated rings. The predicted octanol–water partition coefficient (Wildman–Crippen LogP) is 4.53. The van der Waals surface area contributed by atoms with Gasteiger partial charge in [0.25, 0.3) is 0 Å². The normalized spacial score (nSPS) is 14.3. The van der Waals surface area contributed by atoms with Crippen molar-refractivity contribution in [3.8, 4) is 6.07 Å². The summed E-state index contributed by atoms with van der Waals surface area (Å²) in [6.45, 7) is 6.83. The van der Waals surface area contributed by atoms with Gasteiger partial charge in [0.2, 0.25) is 0 Å². The van der Waals surface area contributed by atoms with Crippen molar-refractivity contribution in [2.24, 2.45) is 11.3 Å². The number of esters is 1. The average Bonchev–Trinajstić information content (AvgIpc) is 2.73. The van der Waals surface area contributed by atoms with Crippen LogP contribution in [0.15, 0.2) is 30.3 Å². The third kappa shape index (κ3) is 9.33. The SMILES string of the molecule is CCC(C)(C)C(=O)OCC(O)COC(=O)SCC(CC(C)C#N)c1ccccc1. The summed E-state index contributed by atoms with van der Waals surface area (Å²) in [5.74, 6) is 0.00768. The number of ether oxygens (including phenoxy) is 2. The highest BCUT2D eigenvalue weighted by Gasteiger charge is 2.27. The molecule has 0 radical (unpaired) electrons. The minimum Gasteiger partial charge on any atom is -0.462 e. The van der Waals surface area contributed by atoms with E-state index in [1.165, 1.54) is 0 Å². The Morgan fingerprint density at radius 3 is 2.41 bits per heavy atom. The van der Waals surface area contributed by atoms with Gasteiger partial charge in [0, 0.05) is 11.7 Å². The minimum absolute atomic E-state index is 0.0468. The largest absolute Gasteiger partial charge is 0.462 e. The molecule has 0 amide bonds. The van der Waals surface area contributed by atoms with Crippen LogP contribution < -0.4 is 0 Å². The fraction of sp³-hybridized carbons (Fsp3) is 0.591. The van der Waals surface area contributed by atoms with Gasteiger partial charge in [0.15, 0.2) is 0 Å². The molecule has 1 rings (SSSR count). The van der Waals surface area contributed by atoms with Gasteiger partial charge in [0.1, 0.15) is 19.3 Å². The van der Waals surface area contributed by atoms with Gasteiger partial charge in [0.05, 0.1) is 11.5 Å². The Morgan fingerprint density at radius 1 is 1.21 bits per heavy atom. The fourth-order valence-corrected chi connectivity index (χ4v) is 3.26. The zero-order valence-electron chi connectivity index (χ0n) is 17.6. The Labute approximate surface area is 177 Å². The molecule has 0 aliphatic heterocycles. The van der Waals surface area contributed by atoms with Crippen molar-refractivity contribution in [2.45, 2.75) is 52.6 Å². The van der Waals surface area contributed by atoms with Crippen LogP contribution in [0.25, 0.3) is 0 Å². The summed E-state index contributed by atoms with van der Waals surface area (Å²) >= 11 is 1.02. The van der Waals surface area contributed by atoms with Gasteiger partial charge < -0.3 is 14.6 Å². The zero-order valence-corrected chi connectivity index (χ0v) is 18.4. The number of rotatable bonds is 11. The molecule has 0 saturated carbocycles. The molecule has 0 saturated heterocycles. The molecule has 6 nitrogen and oxygen atoms in total. The van der Waals surface area contributed by atoms with Crippen molar-refractivity contribution in [3.63, 3.8) is 0 Å². The van der Waals surface area contributed by atoms with Gasteiger partial charge in [-0.3, -0.25) is 4.79 Å². The number of thioether (sulfide) groups is 1. The van der Waals surface area contributed by atoms with Crippen LogP contribution in [0.1, 0.15) is 52.0 Å². The number of aliphatic hydroxyl groups is 1. The molecule has 1 aromatic rings. The lowest BCUT2D eigenvalue weighted by atomic mass is 9.91. The maximum absolute atomic E-state index is 12.0. The highest BCUT2D eigenvalue weighted by atomic mass is 32.2. The smallest absolute Gasteiger partial charge is 0.367 e. The molecular formula is C22H31NO5S. The number of hydrogen-bond acceptors (Lipinski definition) is 7. The van der Waals surface area contributed by atoms with E-state index in [1.807, 2.05) is 44.2 Å². The minimum atomic E-state index is -1.07. The van der Waals surface area contributed by atoms with Gasteiger partial charge in [-0.2, -0.15) is 5.26 Å². The number of nitriles is 1. The molecule has 7 heteroatoms. The van der Waals surface area contributed by atoms with Crippen molar-refractivity contribution < 1.29 is 24.2 Å². The van der Waals surface area contributed by atoms with Crippen LogP contribution in [0.4, 0.5) is 4.79 Å².